The zero-order chi connectivity index (χ0) is 17.4. The average Bonchev–Trinajstić information content (AvgIpc) is 2.95. The molecule has 24 heavy (non-hydrogen) atoms. The molecule has 3 rings (SSSR count). The Balaban J connectivity index is 2.12. The van der Waals surface area contributed by atoms with E-state index in [1.165, 1.54) is 11.6 Å². The number of benzene rings is 1. The van der Waals surface area contributed by atoms with Gasteiger partial charge >= 0.3 is 5.69 Å². The molecule has 1 aromatic carbocycles. The Morgan fingerprint density at radius 1 is 1.08 bits per heavy atom. The highest BCUT2D eigenvalue weighted by Crippen LogP contribution is 2.15. The van der Waals surface area contributed by atoms with Gasteiger partial charge in [0.25, 0.3) is 5.56 Å². The van der Waals surface area contributed by atoms with Gasteiger partial charge in [-0.05, 0) is 23.6 Å². The summed E-state index contributed by atoms with van der Waals surface area (Å²) >= 11 is 5.91. The minimum atomic E-state index is -0.273. The van der Waals surface area contributed by atoms with Gasteiger partial charge in [0, 0.05) is 37.6 Å². The summed E-state index contributed by atoms with van der Waals surface area (Å²) in [7, 11) is 1.53. The van der Waals surface area contributed by atoms with Gasteiger partial charge in [0.1, 0.15) is 0 Å². The van der Waals surface area contributed by atoms with Gasteiger partial charge in [-0.25, -0.2) is 4.79 Å². The molecule has 3 aromatic rings. The molecule has 0 unspecified atom stereocenters. The standard InChI is InChI=1S/C18H20ClN3O2/c1-12(2)8-22-16-11-21(9-13-4-6-14(19)7-5-13)10-15(16)17(23)20(3)18(22)24/h4-7,10-12H,8-9H2,1-3H3. The van der Waals surface area contributed by atoms with E-state index in [1.807, 2.05) is 55.1 Å². The van der Waals surface area contributed by atoms with Gasteiger partial charge in [-0.3, -0.25) is 13.9 Å². The summed E-state index contributed by atoms with van der Waals surface area (Å²) in [6.07, 6.45) is 3.68. The van der Waals surface area contributed by atoms with Crippen LogP contribution in [0.1, 0.15) is 19.4 Å². The van der Waals surface area contributed by atoms with Gasteiger partial charge in [-0.1, -0.05) is 37.6 Å². The maximum Gasteiger partial charge on any atom is 0.331 e. The molecular formula is C18H20ClN3O2. The molecule has 5 nitrogen and oxygen atoms in total. The molecule has 2 heterocycles. The Labute approximate surface area is 144 Å². The monoisotopic (exact) mass is 345 g/mol. The molecule has 0 atom stereocenters. The van der Waals surface area contributed by atoms with Crippen molar-refractivity contribution < 1.29 is 0 Å². The summed E-state index contributed by atoms with van der Waals surface area (Å²) in [5.74, 6) is 0.308. The normalized spacial score (nSPS) is 11.5. The minimum absolute atomic E-state index is 0.259. The minimum Gasteiger partial charge on any atom is -0.347 e. The summed E-state index contributed by atoms with van der Waals surface area (Å²) in [6, 6.07) is 7.58. The molecule has 0 spiro atoms. The fourth-order valence-electron chi connectivity index (χ4n) is 2.86. The number of fused-ring (bicyclic) bond motifs is 1. The molecule has 0 radical (unpaired) electrons. The third-order valence-electron chi connectivity index (χ3n) is 4.03. The van der Waals surface area contributed by atoms with E-state index in [0.717, 1.165) is 5.56 Å². The fourth-order valence-corrected chi connectivity index (χ4v) is 2.99. The summed E-state index contributed by atoms with van der Waals surface area (Å²) < 4.78 is 4.79. The van der Waals surface area contributed by atoms with Crippen LogP contribution >= 0.6 is 11.6 Å². The molecule has 0 aliphatic heterocycles. The van der Waals surface area contributed by atoms with Crippen LogP contribution in [0, 0.1) is 5.92 Å². The van der Waals surface area contributed by atoms with Crippen LogP contribution in [0.4, 0.5) is 0 Å². The molecule has 6 heteroatoms. The second kappa shape index (κ2) is 6.32. The molecule has 0 saturated heterocycles. The number of rotatable bonds is 4. The fraction of sp³-hybridized carbons (Fsp3) is 0.333. The summed E-state index contributed by atoms with van der Waals surface area (Å²) in [6.45, 7) is 5.29. The van der Waals surface area contributed by atoms with E-state index in [-0.39, 0.29) is 11.2 Å². The molecule has 0 saturated carbocycles. The van der Waals surface area contributed by atoms with Crippen LogP contribution in [0.25, 0.3) is 10.9 Å². The highest BCUT2D eigenvalue weighted by molar-refractivity contribution is 6.30. The first kappa shape index (κ1) is 16.6. The zero-order valence-corrected chi connectivity index (χ0v) is 14.7. The van der Waals surface area contributed by atoms with E-state index in [0.29, 0.717) is 34.9 Å². The summed E-state index contributed by atoms with van der Waals surface area (Å²) in [5, 5.41) is 1.25. The first-order chi connectivity index (χ1) is 11.4. The van der Waals surface area contributed by atoms with Crippen LogP contribution < -0.4 is 11.2 Å². The van der Waals surface area contributed by atoms with Crippen molar-refractivity contribution in [3.8, 4) is 0 Å². The van der Waals surface area contributed by atoms with E-state index in [2.05, 4.69) is 0 Å². The van der Waals surface area contributed by atoms with E-state index in [9.17, 15) is 9.59 Å². The average molecular weight is 346 g/mol. The lowest BCUT2D eigenvalue weighted by Gasteiger charge is -2.11. The van der Waals surface area contributed by atoms with Crippen molar-refractivity contribution in [2.45, 2.75) is 26.9 Å². The van der Waals surface area contributed by atoms with Crippen molar-refractivity contribution in [1.82, 2.24) is 13.7 Å². The lowest BCUT2D eigenvalue weighted by molar-refractivity contribution is 0.502. The molecule has 0 amide bonds. The molecule has 126 valence electrons. The molecule has 2 aromatic heterocycles. The first-order valence-corrected chi connectivity index (χ1v) is 8.28. The second-order valence-corrected chi connectivity index (χ2v) is 6.94. The van der Waals surface area contributed by atoms with Crippen molar-refractivity contribution in [2.24, 2.45) is 13.0 Å². The van der Waals surface area contributed by atoms with E-state index >= 15 is 0 Å². The predicted molar refractivity (Wildman–Crippen MR) is 96.8 cm³/mol. The number of nitrogens with zero attached hydrogens (tertiary/aromatic N) is 3. The van der Waals surface area contributed by atoms with Gasteiger partial charge in [-0.15, -0.1) is 0 Å². The van der Waals surface area contributed by atoms with Crippen LogP contribution in [0.3, 0.4) is 0 Å². The number of hydrogen-bond acceptors (Lipinski definition) is 2. The van der Waals surface area contributed by atoms with Crippen LogP contribution in [0.2, 0.25) is 5.02 Å². The Bertz CT molecular complexity index is 994. The quantitative estimate of drug-likeness (QED) is 0.730. The largest absolute Gasteiger partial charge is 0.347 e. The van der Waals surface area contributed by atoms with E-state index < -0.39 is 0 Å². The maximum atomic E-state index is 12.4. The highest BCUT2D eigenvalue weighted by atomic mass is 35.5. The number of halogens is 1. The molecule has 0 bridgehead atoms. The lowest BCUT2D eigenvalue weighted by Crippen LogP contribution is -2.38. The van der Waals surface area contributed by atoms with Crippen molar-refractivity contribution in [2.75, 3.05) is 0 Å². The molecule has 0 N–H and O–H groups in total. The number of hydrogen-bond donors (Lipinski definition) is 0. The summed E-state index contributed by atoms with van der Waals surface area (Å²) in [5.41, 5.74) is 1.23. The number of aromatic nitrogens is 3. The predicted octanol–water partition coefficient (Wildman–Crippen LogP) is 2.86. The third-order valence-corrected chi connectivity index (χ3v) is 4.28. The van der Waals surface area contributed by atoms with Gasteiger partial charge in [0.2, 0.25) is 0 Å². The SMILES string of the molecule is CC(C)Cn1c(=O)n(C)c(=O)c2cn(Cc3ccc(Cl)cc3)cc21. The van der Waals surface area contributed by atoms with Gasteiger partial charge in [-0.2, -0.15) is 0 Å². The van der Waals surface area contributed by atoms with Gasteiger partial charge in [0.05, 0.1) is 10.9 Å². The molecule has 0 aliphatic carbocycles. The van der Waals surface area contributed by atoms with Crippen molar-refractivity contribution >= 4 is 22.5 Å². The molecule has 0 fully saturated rings. The summed E-state index contributed by atoms with van der Waals surface area (Å²) in [4.78, 5) is 24.9. The van der Waals surface area contributed by atoms with Crippen LogP contribution in [-0.4, -0.2) is 13.7 Å². The van der Waals surface area contributed by atoms with E-state index in [4.69, 9.17) is 11.6 Å². The first-order valence-electron chi connectivity index (χ1n) is 7.90. The molecular weight excluding hydrogens is 326 g/mol. The molecule has 0 aliphatic rings. The van der Waals surface area contributed by atoms with Crippen molar-refractivity contribution in [3.05, 3.63) is 68.1 Å². The smallest absolute Gasteiger partial charge is 0.331 e. The van der Waals surface area contributed by atoms with Gasteiger partial charge < -0.3 is 4.57 Å². The van der Waals surface area contributed by atoms with Gasteiger partial charge in [0.15, 0.2) is 0 Å². The van der Waals surface area contributed by atoms with Crippen molar-refractivity contribution in [3.63, 3.8) is 0 Å². The maximum absolute atomic E-state index is 12.4. The Kier molecular flexibility index (Phi) is 4.37. The highest BCUT2D eigenvalue weighted by Gasteiger charge is 2.14. The third kappa shape index (κ3) is 3.04. The van der Waals surface area contributed by atoms with E-state index in [1.54, 1.807) is 4.57 Å². The lowest BCUT2D eigenvalue weighted by atomic mass is 10.2. The Morgan fingerprint density at radius 2 is 1.75 bits per heavy atom. The Morgan fingerprint density at radius 3 is 2.38 bits per heavy atom. The Hall–Kier alpha value is -2.27. The van der Waals surface area contributed by atoms with Crippen molar-refractivity contribution in [1.29, 1.82) is 0 Å². The van der Waals surface area contributed by atoms with Crippen LogP contribution in [0.5, 0.6) is 0 Å². The topological polar surface area (TPSA) is 48.9 Å². The van der Waals surface area contributed by atoms with Crippen LogP contribution in [-0.2, 0) is 20.1 Å². The second-order valence-electron chi connectivity index (χ2n) is 6.51. The van der Waals surface area contributed by atoms with Crippen LogP contribution in [0.15, 0.2) is 46.2 Å². The zero-order valence-electron chi connectivity index (χ0n) is 14.0.